The minimum Gasteiger partial charge on any atom is -0.460 e. The number of ether oxygens (including phenoxy) is 4. The molecule has 2 saturated heterocycles. The number of carbonyl (C=O) groups is 5. The Labute approximate surface area is 427 Å². The van der Waals surface area contributed by atoms with E-state index in [1.807, 2.05) is 45.1 Å². The molecule has 1 saturated carbocycles. The smallest absolute Gasteiger partial charge is 0.329 e. The number of fused-ring (bicyclic) bond motifs is 3. The third kappa shape index (κ3) is 15.2. The van der Waals surface area contributed by atoms with Gasteiger partial charge in [0.25, 0.3) is 11.7 Å². The van der Waals surface area contributed by atoms with Crippen LogP contribution in [0.4, 0.5) is 0 Å². The van der Waals surface area contributed by atoms with Crippen molar-refractivity contribution in [2.45, 2.75) is 180 Å². The molecule has 3 fully saturated rings. The lowest BCUT2D eigenvalue weighted by Crippen LogP contribution is -2.61. The summed E-state index contributed by atoms with van der Waals surface area (Å²) in [4.78, 5) is 75.5. The number of amides is 1. The number of methoxy groups -OCH3 is 2. The number of Topliss-reactive ketones (excluding diaryl/α,β-unsaturated/α-hetero) is 3. The van der Waals surface area contributed by atoms with Crippen molar-refractivity contribution in [1.82, 2.24) is 14.7 Å². The van der Waals surface area contributed by atoms with Crippen molar-refractivity contribution in [3.63, 3.8) is 0 Å². The number of ketones is 3. The van der Waals surface area contributed by atoms with E-state index < -0.39 is 89.8 Å². The lowest BCUT2D eigenvalue weighted by molar-refractivity contribution is -0.264. The number of nitrogens with zero attached hydrogens (tertiary/aromatic N) is 3. The fraction of sp³-hybridized carbons (Fsp3) is 0.722. The van der Waals surface area contributed by atoms with Crippen LogP contribution in [0.25, 0.3) is 0 Å². The van der Waals surface area contributed by atoms with Crippen molar-refractivity contribution < 1.29 is 58.2 Å². The fourth-order valence-corrected chi connectivity index (χ4v) is 10.8. The lowest BCUT2D eigenvalue weighted by atomic mass is 9.78. The zero-order valence-electron chi connectivity index (χ0n) is 44.7. The molecule has 7 N–H and O–H groups in total. The molecule has 18 heteroatoms. The van der Waals surface area contributed by atoms with Gasteiger partial charge in [-0.1, -0.05) is 76.6 Å². The Morgan fingerprint density at radius 3 is 2.25 bits per heavy atom. The van der Waals surface area contributed by atoms with E-state index in [1.165, 1.54) is 16.9 Å². The lowest BCUT2D eigenvalue weighted by Gasteiger charge is -2.44. The molecule has 0 aromatic rings. The van der Waals surface area contributed by atoms with Gasteiger partial charge in [0, 0.05) is 59.0 Å². The van der Waals surface area contributed by atoms with Crippen LogP contribution < -0.4 is 5.73 Å². The number of cyclic esters (lactones) is 1. The summed E-state index contributed by atoms with van der Waals surface area (Å²) in [6.07, 6.45) is 9.95. The molecule has 0 aromatic heterocycles. The number of hydrogen-bond donors (Lipinski definition) is 6. The molecule has 1 aliphatic carbocycles. The monoisotopic (exact) mass is 1010 g/mol. The van der Waals surface area contributed by atoms with Gasteiger partial charge in [-0.3, -0.25) is 34.9 Å². The summed E-state index contributed by atoms with van der Waals surface area (Å²) in [5, 5.41) is 51.7. The average Bonchev–Trinajstić information content (AvgIpc) is 3.33. The summed E-state index contributed by atoms with van der Waals surface area (Å²) in [6, 6.07) is -1.97. The van der Waals surface area contributed by atoms with E-state index >= 15 is 0 Å². The van der Waals surface area contributed by atoms with Gasteiger partial charge in [0.1, 0.15) is 30.1 Å². The molecule has 18 nitrogen and oxygen atoms in total. The molecule has 0 radical (unpaired) electrons. The summed E-state index contributed by atoms with van der Waals surface area (Å²) in [5.41, 5.74) is 7.18. The highest BCUT2D eigenvalue weighted by Crippen LogP contribution is 2.38. The van der Waals surface area contributed by atoms with Gasteiger partial charge in [-0.2, -0.15) is 0 Å². The Balaban J connectivity index is 1.78. The number of piperidine rings is 1. The first kappa shape index (κ1) is 60.0. The number of aliphatic hydroxyl groups excluding tert-OH is 2. The number of rotatable bonds is 6. The van der Waals surface area contributed by atoms with Gasteiger partial charge in [0.2, 0.25) is 11.7 Å². The third-order valence-electron chi connectivity index (χ3n) is 15.4. The van der Waals surface area contributed by atoms with Gasteiger partial charge in [-0.05, 0) is 108 Å². The summed E-state index contributed by atoms with van der Waals surface area (Å²) in [5.74, 6) is -9.23. The topological polar surface area (TPSA) is 266 Å². The van der Waals surface area contributed by atoms with Crippen LogP contribution in [0, 0.1) is 46.3 Å². The van der Waals surface area contributed by atoms with Gasteiger partial charge >= 0.3 is 5.97 Å². The van der Waals surface area contributed by atoms with Gasteiger partial charge in [-0.15, -0.1) is 0 Å². The van der Waals surface area contributed by atoms with E-state index in [2.05, 4.69) is 0 Å². The standard InChI is InChI=1S/C54H86N6O12/c1-31-17-13-12-14-18-32(2)41(60(52(55)56)53(57)58(8)9)29-39-22-20-37(7)54(68,72-39)49(65)50(66)59-24-16-15-19-40(59)51(67)71-44(34(4)27-38-21-23-42(61)45(28-38)69-10)30-43(62)33(3)26-36(6)47(64)48(70-11)46(63)35(5)25-31/h12-14,17-18,26,31,33-35,37-42,44-45,47-48,57,61,64,68H,15-16,19-25,27-30H2,1-11H3,(H3,55,56)/b14-12+,17-13+,32-18-,36-26+,57-53?/t31-,33-,34?,35-,37-,38-,39+,40?,41-,42-,44+,45-,47-,48+,54-/m1/s1. The van der Waals surface area contributed by atoms with Gasteiger partial charge in [-0.25, -0.2) is 4.79 Å². The van der Waals surface area contributed by atoms with E-state index in [0.717, 1.165) is 4.90 Å². The highest BCUT2D eigenvalue weighted by molar-refractivity contribution is 6.39. The number of guanidine groups is 2. The molecular weight excluding hydrogens is 925 g/mol. The maximum absolute atomic E-state index is 14.5. The number of esters is 1. The number of nitrogens with one attached hydrogen (secondary N) is 2. The first-order valence-corrected chi connectivity index (χ1v) is 25.9. The second-order valence-corrected chi connectivity index (χ2v) is 21.4. The zero-order valence-corrected chi connectivity index (χ0v) is 44.7. The minimum atomic E-state index is -2.58. The molecule has 72 heavy (non-hydrogen) atoms. The number of hydrogen-bond acceptors (Lipinski definition) is 14. The van der Waals surface area contributed by atoms with Gasteiger partial charge < -0.3 is 49.8 Å². The van der Waals surface area contributed by atoms with E-state index in [-0.39, 0.29) is 73.6 Å². The van der Waals surface area contributed by atoms with Crippen LogP contribution in [0.2, 0.25) is 0 Å². The minimum absolute atomic E-state index is 0.0290. The first-order chi connectivity index (χ1) is 33.9. The van der Waals surface area contributed by atoms with Crippen molar-refractivity contribution in [1.29, 1.82) is 10.8 Å². The van der Waals surface area contributed by atoms with Crippen LogP contribution in [0.15, 0.2) is 47.6 Å². The molecule has 3 heterocycles. The molecule has 0 aromatic carbocycles. The number of aliphatic hydroxyl groups is 3. The van der Waals surface area contributed by atoms with Crippen LogP contribution >= 0.6 is 0 Å². The summed E-state index contributed by atoms with van der Waals surface area (Å²) < 4.78 is 23.7. The van der Waals surface area contributed by atoms with E-state index in [1.54, 1.807) is 61.1 Å². The normalized spacial score (nSPS) is 37.4. The molecule has 404 valence electrons. The third-order valence-corrected chi connectivity index (χ3v) is 15.4. The Bertz CT molecular complexity index is 2060. The molecule has 3 aliphatic heterocycles. The average molecular weight is 1010 g/mol. The van der Waals surface area contributed by atoms with Crippen LogP contribution in [0.3, 0.4) is 0 Å². The van der Waals surface area contributed by atoms with Crippen LogP contribution in [-0.2, 0) is 42.9 Å². The van der Waals surface area contributed by atoms with Crippen molar-refractivity contribution in [2.75, 3.05) is 34.9 Å². The Hall–Kier alpha value is -4.59. The van der Waals surface area contributed by atoms with Crippen LogP contribution in [0.5, 0.6) is 0 Å². The highest BCUT2D eigenvalue weighted by atomic mass is 16.6. The fourth-order valence-electron chi connectivity index (χ4n) is 10.8. The van der Waals surface area contributed by atoms with E-state index in [4.69, 9.17) is 35.5 Å². The van der Waals surface area contributed by atoms with Gasteiger partial charge in [0.15, 0.2) is 11.7 Å². The molecular formula is C54H86N6O12. The Kier molecular flexibility index (Phi) is 22.6. The first-order valence-electron chi connectivity index (χ1n) is 25.9. The largest absolute Gasteiger partial charge is 0.460 e. The van der Waals surface area contributed by atoms with Crippen LogP contribution in [0.1, 0.15) is 126 Å². The van der Waals surface area contributed by atoms with Crippen molar-refractivity contribution in [2.24, 2.45) is 41.2 Å². The highest BCUT2D eigenvalue weighted by Gasteiger charge is 2.53. The Morgan fingerprint density at radius 1 is 0.917 bits per heavy atom. The summed E-state index contributed by atoms with van der Waals surface area (Å²) >= 11 is 0. The summed E-state index contributed by atoms with van der Waals surface area (Å²) in [7, 11) is 6.21. The number of allylic oxidation sites excluding steroid dienone is 6. The number of carbonyl (C=O) groups excluding carboxylic acids is 5. The molecule has 15 atom stereocenters. The molecule has 2 unspecified atom stereocenters. The second-order valence-electron chi connectivity index (χ2n) is 21.4. The van der Waals surface area contributed by atoms with Crippen molar-refractivity contribution >= 4 is 41.1 Å². The maximum Gasteiger partial charge on any atom is 0.329 e. The molecule has 4 rings (SSSR count). The predicted octanol–water partition coefficient (Wildman–Crippen LogP) is 5.23. The Morgan fingerprint density at radius 2 is 1.61 bits per heavy atom. The summed E-state index contributed by atoms with van der Waals surface area (Å²) in [6.45, 7) is 12.4. The predicted molar refractivity (Wildman–Crippen MR) is 273 cm³/mol. The van der Waals surface area contributed by atoms with E-state index in [9.17, 15) is 39.3 Å². The second kappa shape index (κ2) is 27.1. The number of nitrogens with two attached hydrogens (primary N) is 1. The maximum atomic E-state index is 14.5. The molecule has 2 bridgehead atoms. The zero-order chi connectivity index (χ0) is 53.8. The van der Waals surface area contributed by atoms with Crippen molar-refractivity contribution in [3.05, 3.63) is 47.6 Å². The van der Waals surface area contributed by atoms with Crippen molar-refractivity contribution in [3.8, 4) is 0 Å². The SMILES string of the molecule is CO[C@@H]1C[C@@H](CC(C)[C@@H]2CC(=O)[C@H](C)/C=C(\C)[C@@H](O)[C@@H](OC)C(=O)[C@H](C)C[C@H](C)/C=C/C=C/C=C(/C)[C@H](N(C(=N)N)C(=N)N(C)C)C[C@@H]3CC[C@@H](C)[C@@](O)(O3)C(=O)C(=O)N3CCCCC3C(=O)O2)CC[C@H]1O. The van der Waals surface area contributed by atoms with Crippen LogP contribution in [-0.4, -0.2) is 161 Å². The molecule has 0 spiro atoms. The molecule has 1 amide bonds. The van der Waals surface area contributed by atoms with Gasteiger partial charge in [0.05, 0.1) is 24.4 Å². The quantitative estimate of drug-likeness (QED) is 0.0655. The molecule has 4 aliphatic rings. The van der Waals surface area contributed by atoms with E-state index in [0.29, 0.717) is 62.5 Å².